The van der Waals surface area contributed by atoms with Gasteiger partial charge in [0.25, 0.3) is 0 Å². The number of nitrogens with zero attached hydrogens (tertiary/aromatic N) is 2. The molecule has 0 N–H and O–H groups in total. The number of methoxy groups -OCH3 is 1. The van der Waals surface area contributed by atoms with E-state index >= 15 is 0 Å². The first-order chi connectivity index (χ1) is 5.77. The Morgan fingerprint density at radius 2 is 2.33 bits per heavy atom. The fraction of sp³-hybridized carbons (Fsp3) is 0.556. The van der Waals surface area contributed by atoms with Crippen LogP contribution in [-0.4, -0.2) is 17.1 Å². The highest BCUT2D eigenvalue weighted by atomic mass is 16.5. The molecule has 0 spiro atoms. The number of aromatic nitrogens is 2. The van der Waals surface area contributed by atoms with E-state index < -0.39 is 0 Å². The first-order valence-corrected chi connectivity index (χ1v) is 4.14. The molecule has 1 rings (SSSR count). The maximum Gasteiger partial charge on any atom is 0.316 e. The van der Waals surface area contributed by atoms with Crippen LogP contribution in [-0.2, 0) is 0 Å². The molecule has 0 amide bonds. The third-order valence-electron chi connectivity index (χ3n) is 1.95. The summed E-state index contributed by atoms with van der Waals surface area (Å²) in [7, 11) is 1.58. The van der Waals surface area contributed by atoms with Crippen LogP contribution in [0.3, 0.4) is 0 Å². The van der Waals surface area contributed by atoms with Crippen molar-refractivity contribution in [3.05, 3.63) is 18.0 Å². The monoisotopic (exact) mass is 166 g/mol. The Bertz CT molecular complexity index is 250. The summed E-state index contributed by atoms with van der Waals surface area (Å²) in [6.45, 7) is 4.28. The Kier molecular flexibility index (Phi) is 3.02. The van der Waals surface area contributed by atoms with Gasteiger partial charge in [-0.25, -0.2) is 9.97 Å². The molecule has 0 saturated carbocycles. The minimum absolute atomic E-state index is 0.452. The number of rotatable bonds is 3. The highest BCUT2D eigenvalue weighted by Crippen LogP contribution is 2.16. The van der Waals surface area contributed by atoms with Gasteiger partial charge in [-0.1, -0.05) is 13.8 Å². The standard InChI is InChI=1S/C9H14N2O/c1-4-7(2)8-5-6-10-9(11-8)12-3/h5-7H,4H2,1-3H3. The molecule has 0 bridgehead atoms. The zero-order chi connectivity index (χ0) is 8.97. The van der Waals surface area contributed by atoms with Gasteiger partial charge in [-0.05, 0) is 18.4 Å². The second kappa shape index (κ2) is 4.04. The Morgan fingerprint density at radius 3 is 2.92 bits per heavy atom. The molecule has 1 atom stereocenters. The predicted molar refractivity (Wildman–Crippen MR) is 47.3 cm³/mol. The highest BCUT2D eigenvalue weighted by molar-refractivity contribution is 5.09. The molecular weight excluding hydrogens is 152 g/mol. The van der Waals surface area contributed by atoms with Crippen LogP contribution in [0, 0.1) is 0 Å². The summed E-state index contributed by atoms with van der Waals surface area (Å²) in [6, 6.07) is 2.38. The lowest BCUT2D eigenvalue weighted by molar-refractivity contribution is 0.376. The van der Waals surface area contributed by atoms with E-state index in [1.54, 1.807) is 13.3 Å². The number of ether oxygens (including phenoxy) is 1. The molecule has 0 aromatic carbocycles. The molecule has 0 fully saturated rings. The van der Waals surface area contributed by atoms with Crippen molar-refractivity contribution in [1.29, 1.82) is 0 Å². The van der Waals surface area contributed by atoms with Gasteiger partial charge in [-0.2, -0.15) is 0 Å². The third kappa shape index (κ3) is 1.94. The normalized spacial score (nSPS) is 12.6. The van der Waals surface area contributed by atoms with Gasteiger partial charge in [0, 0.05) is 6.20 Å². The molecule has 1 heterocycles. The molecule has 0 aliphatic carbocycles. The Labute approximate surface area is 72.8 Å². The molecule has 0 aliphatic heterocycles. The maximum atomic E-state index is 4.93. The van der Waals surface area contributed by atoms with Crippen LogP contribution < -0.4 is 4.74 Å². The van der Waals surface area contributed by atoms with E-state index in [9.17, 15) is 0 Å². The van der Waals surface area contributed by atoms with E-state index in [0.29, 0.717) is 11.9 Å². The quantitative estimate of drug-likeness (QED) is 0.688. The van der Waals surface area contributed by atoms with Crippen molar-refractivity contribution < 1.29 is 4.74 Å². The van der Waals surface area contributed by atoms with Crippen molar-refractivity contribution in [3.63, 3.8) is 0 Å². The van der Waals surface area contributed by atoms with E-state index in [4.69, 9.17) is 4.74 Å². The van der Waals surface area contributed by atoms with Gasteiger partial charge in [0.1, 0.15) is 0 Å². The maximum absolute atomic E-state index is 4.93. The van der Waals surface area contributed by atoms with Gasteiger partial charge in [0.05, 0.1) is 12.8 Å². The summed E-state index contributed by atoms with van der Waals surface area (Å²) in [4.78, 5) is 8.17. The summed E-state index contributed by atoms with van der Waals surface area (Å²) >= 11 is 0. The van der Waals surface area contributed by atoms with Crippen LogP contribution in [0.15, 0.2) is 12.3 Å². The van der Waals surface area contributed by atoms with Crippen LogP contribution in [0.25, 0.3) is 0 Å². The number of hydrogen-bond acceptors (Lipinski definition) is 3. The predicted octanol–water partition coefficient (Wildman–Crippen LogP) is 2.00. The Hall–Kier alpha value is -1.12. The van der Waals surface area contributed by atoms with Crippen LogP contribution in [0.4, 0.5) is 0 Å². The van der Waals surface area contributed by atoms with Gasteiger partial charge in [0.15, 0.2) is 0 Å². The van der Waals surface area contributed by atoms with Crippen molar-refractivity contribution >= 4 is 0 Å². The fourth-order valence-electron chi connectivity index (χ4n) is 0.936. The van der Waals surface area contributed by atoms with Crippen molar-refractivity contribution in [3.8, 4) is 6.01 Å². The molecule has 1 unspecified atom stereocenters. The van der Waals surface area contributed by atoms with E-state index in [2.05, 4.69) is 23.8 Å². The van der Waals surface area contributed by atoms with Crippen LogP contribution in [0.5, 0.6) is 6.01 Å². The van der Waals surface area contributed by atoms with E-state index in [1.165, 1.54) is 0 Å². The van der Waals surface area contributed by atoms with Crippen molar-refractivity contribution in [2.24, 2.45) is 0 Å². The molecule has 3 nitrogen and oxygen atoms in total. The van der Waals surface area contributed by atoms with Crippen LogP contribution in [0.1, 0.15) is 31.9 Å². The average molecular weight is 166 g/mol. The fourth-order valence-corrected chi connectivity index (χ4v) is 0.936. The second-order valence-electron chi connectivity index (χ2n) is 2.78. The molecule has 1 aromatic heterocycles. The van der Waals surface area contributed by atoms with Crippen molar-refractivity contribution in [2.75, 3.05) is 7.11 Å². The summed E-state index contributed by atoms with van der Waals surface area (Å²) < 4.78 is 4.93. The minimum atomic E-state index is 0.452. The molecule has 1 aromatic rings. The molecule has 0 aliphatic rings. The van der Waals surface area contributed by atoms with E-state index in [0.717, 1.165) is 12.1 Å². The first kappa shape index (κ1) is 8.97. The third-order valence-corrected chi connectivity index (χ3v) is 1.95. The average Bonchev–Trinajstić information content (AvgIpc) is 2.17. The molecule has 3 heteroatoms. The van der Waals surface area contributed by atoms with Gasteiger partial charge in [-0.3, -0.25) is 0 Å². The molecular formula is C9H14N2O. The van der Waals surface area contributed by atoms with E-state index in [-0.39, 0.29) is 0 Å². The van der Waals surface area contributed by atoms with Gasteiger partial charge >= 0.3 is 6.01 Å². The van der Waals surface area contributed by atoms with Gasteiger partial charge in [0.2, 0.25) is 0 Å². The topological polar surface area (TPSA) is 35.0 Å². The second-order valence-corrected chi connectivity index (χ2v) is 2.78. The lowest BCUT2D eigenvalue weighted by atomic mass is 10.1. The Balaban J connectivity index is 2.86. The highest BCUT2D eigenvalue weighted by Gasteiger charge is 2.05. The first-order valence-electron chi connectivity index (χ1n) is 4.14. The van der Waals surface area contributed by atoms with Crippen LogP contribution >= 0.6 is 0 Å². The zero-order valence-electron chi connectivity index (χ0n) is 7.74. The van der Waals surface area contributed by atoms with Crippen LogP contribution in [0.2, 0.25) is 0 Å². The summed E-state index contributed by atoms with van der Waals surface area (Å²) in [5.74, 6) is 0.474. The SMILES string of the molecule is CCC(C)c1ccnc(OC)n1. The molecule has 0 saturated heterocycles. The number of hydrogen-bond donors (Lipinski definition) is 0. The zero-order valence-corrected chi connectivity index (χ0v) is 7.74. The minimum Gasteiger partial charge on any atom is -0.467 e. The molecule has 0 radical (unpaired) electrons. The lowest BCUT2D eigenvalue weighted by Gasteiger charge is -2.07. The van der Waals surface area contributed by atoms with Crippen molar-refractivity contribution in [2.45, 2.75) is 26.2 Å². The Morgan fingerprint density at radius 1 is 1.58 bits per heavy atom. The lowest BCUT2D eigenvalue weighted by Crippen LogP contribution is -1.99. The largest absolute Gasteiger partial charge is 0.467 e. The smallest absolute Gasteiger partial charge is 0.316 e. The van der Waals surface area contributed by atoms with Gasteiger partial charge in [-0.15, -0.1) is 0 Å². The molecule has 66 valence electrons. The summed E-state index contributed by atoms with van der Waals surface area (Å²) in [5.41, 5.74) is 1.05. The molecule has 12 heavy (non-hydrogen) atoms. The summed E-state index contributed by atoms with van der Waals surface area (Å²) in [6.07, 6.45) is 2.81. The van der Waals surface area contributed by atoms with E-state index in [1.807, 2.05) is 6.07 Å². The summed E-state index contributed by atoms with van der Waals surface area (Å²) in [5, 5.41) is 0. The van der Waals surface area contributed by atoms with Crippen molar-refractivity contribution in [1.82, 2.24) is 9.97 Å². The van der Waals surface area contributed by atoms with Gasteiger partial charge < -0.3 is 4.74 Å².